The van der Waals surface area contributed by atoms with Gasteiger partial charge in [0, 0.05) is 0 Å². The molecule has 0 saturated heterocycles. The molecule has 1 aliphatic rings. The number of rotatable bonds is 6. The second-order valence-electron chi connectivity index (χ2n) is 7.62. The molecule has 0 aliphatic heterocycles. The normalized spacial score (nSPS) is 19.0. The molecule has 26 heavy (non-hydrogen) atoms. The van der Waals surface area contributed by atoms with Crippen molar-refractivity contribution in [3.8, 4) is 0 Å². The third kappa shape index (κ3) is 5.51. The van der Waals surface area contributed by atoms with Gasteiger partial charge in [0.2, 0.25) is 5.78 Å². The molecule has 0 saturated carbocycles. The van der Waals surface area contributed by atoms with E-state index in [9.17, 15) is 4.79 Å². The van der Waals surface area contributed by atoms with Crippen molar-refractivity contribution in [2.75, 3.05) is 0 Å². The Balaban J connectivity index is 2.01. The molecular weight excluding hydrogens is 322 g/mol. The fourth-order valence-corrected chi connectivity index (χ4v) is 3.28. The third-order valence-corrected chi connectivity index (χ3v) is 4.78. The van der Waals surface area contributed by atoms with Gasteiger partial charge >= 0.3 is 0 Å². The Labute approximate surface area is 156 Å². The molecule has 0 bridgehead atoms. The van der Waals surface area contributed by atoms with Crippen LogP contribution in [0.1, 0.15) is 64.5 Å². The summed E-state index contributed by atoms with van der Waals surface area (Å²) in [6.07, 6.45) is 17.0. The van der Waals surface area contributed by atoms with Gasteiger partial charge in [-0.15, -0.1) is 0 Å². The zero-order chi connectivity index (χ0) is 19.2. The molecule has 0 fully saturated rings. The maximum Gasteiger partial charge on any atom is 0.222 e. The van der Waals surface area contributed by atoms with Crippen LogP contribution in [0.15, 0.2) is 65.1 Å². The highest BCUT2D eigenvalue weighted by molar-refractivity contribution is 6.02. The number of nitrogens with one attached hydrogen (secondary N) is 1. The number of carbonyl (C=O) groups excluding carboxylic acids is 1. The van der Waals surface area contributed by atoms with Gasteiger partial charge < -0.3 is 0 Å². The van der Waals surface area contributed by atoms with Crippen molar-refractivity contribution in [3.05, 3.63) is 70.9 Å². The lowest BCUT2D eigenvalue weighted by Crippen LogP contribution is -2.19. The predicted molar refractivity (Wildman–Crippen MR) is 107 cm³/mol. The van der Waals surface area contributed by atoms with E-state index in [0.717, 1.165) is 5.57 Å². The van der Waals surface area contributed by atoms with E-state index in [-0.39, 0.29) is 17.0 Å². The first-order chi connectivity index (χ1) is 12.3. The Kier molecular flexibility index (Phi) is 6.67. The van der Waals surface area contributed by atoms with Crippen LogP contribution in [0.4, 0.5) is 0 Å². The molecule has 0 atom stereocenters. The van der Waals surface area contributed by atoms with Crippen LogP contribution in [0.2, 0.25) is 0 Å². The van der Waals surface area contributed by atoms with Gasteiger partial charge in [-0.1, -0.05) is 55.4 Å². The van der Waals surface area contributed by atoms with Crippen LogP contribution in [-0.2, 0) is 0 Å². The minimum atomic E-state index is -0.174. The van der Waals surface area contributed by atoms with Gasteiger partial charge in [-0.05, 0) is 62.7 Å². The highest BCUT2D eigenvalue weighted by atomic mass is 16.1. The number of aromatic nitrogens is 3. The monoisotopic (exact) mass is 351 g/mol. The average molecular weight is 351 g/mol. The van der Waals surface area contributed by atoms with E-state index in [1.54, 1.807) is 6.08 Å². The summed E-state index contributed by atoms with van der Waals surface area (Å²) in [6, 6.07) is 0. The summed E-state index contributed by atoms with van der Waals surface area (Å²) in [5.74, 6) is 0.0818. The third-order valence-electron chi connectivity index (χ3n) is 4.78. The van der Waals surface area contributed by atoms with Gasteiger partial charge in [0.25, 0.3) is 0 Å². The lowest BCUT2D eigenvalue weighted by atomic mass is 9.72. The second kappa shape index (κ2) is 8.75. The molecule has 4 heteroatoms. The molecule has 0 radical (unpaired) electrons. The summed E-state index contributed by atoms with van der Waals surface area (Å²) >= 11 is 0. The molecule has 1 N–H and O–H groups in total. The topological polar surface area (TPSA) is 58.6 Å². The van der Waals surface area contributed by atoms with E-state index < -0.39 is 0 Å². The minimum absolute atomic E-state index is 0.174. The molecule has 0 aromatic carbocycles. The van der Waals surface area contributed by atoms with E-state index in [1.807, 2.05) is 19.1 Å². The van der Waals surface area contributed by atoms with Crippen LogP contribution < -0.4 is 0 Å². The molecule has 1 aromatic heterocycles. The number of carbonyl (C=O) groups is 1. The highest BCUT2D eigenvalue weighted by Crippen LogP contribution is 2.40. The summed E-state index contributed by atoms with van der Waals surface area (Å²) in [6.45, 7) is 10.9. The maximum absolute atomic E-state index is 11.9. The van der Waals surface area contributed by atoms with Crippen LogP contribution in [0.5, 0.6) is 0 Å². The first kappa shape index (κ1) is 19.8. The van der Waals surface area contributed by atoms with Crippen molar-refractivity contribution in [1.29, 1.82) is 0 Å². The molecule has 2 rings (SSSR count). The Hall–Kier alpha value is -2.49. The standard InChI is InChI=1S/C22H29N3O/c1-16(11-12-19-18(3)10-7-13-22(19,4)5)8-6-9-17(2)14-20(26)21-23-15-24-25-21/h6,8-9,11-12,14-15H,7,10,13H2,1-5H3,(H,23,24,25). The lowest BCUT2D eigenvalue weighted by Gasteiger charge is -2.32. The van der Waals surface area contributed by atoms with E-state index in [4.69, 9.17) is 0 Å². The van der Waals surface area contributed by atoms with E-state index in [1.165, 1.54) is 42.3 Å². The van der Waals surface area contributed by atoms with E-state index >= 15 is 0 Å². The average Bonchev–Trinajstić information content (AvgIpc) is 3.08. The van der Waals surface area contributed by atoms with E-state index in [2.05, 4.69) is 61.1 Å². The van der Waals surface area contributed by atoms with Crippen molar-refractivity contribution in [1.82, 2.24) is 15.2 Å². The SMILES string of the molecule is CC(C=CC1=C(C)CCCC1(C)C)=CC=CC(C)=CC(=O)c1ncn[nH]1. The smallest absolute Gasteiger partial charge is 0.222 e. The number of allylic oxidation sites excluding steroid dienone is 10. The summed E-state index contributed by atoms with van der Waals surface area (Å²) in [4.78, 5) is 15.8. The molecule has 1 aromatic rings. The first-order valence-electron chi connectivity index (χ1n) is 9.11. The van der Waals surface area contributed by atoms with Crippen molar-refractivity contribution in [2.24, 2.45) is 5.41 Å². The number of hydrogen-bond donors (Lipinski definition) is 1. The van der Waals surface area contributed by atoms with Gasteiger partial charge in [-0.3, -0.25) is 9.89 Å². The number of ketones is 1. The molecule has 1 heterocycles. The van der Waals surface area contributed by atoms with Crippen molar-refractivity contribution in [3.63, 3.8) is 0 Å². The molecule has 4 nitrogen and oxygen atoms in total. The van der Waals surface area contributed by atoms with Crippen LogP contribution in [0, 0.1) is 5.41 Å². The van der Waals surface area contributed by atoms with Gasteiger partial charge in [0.15, 0.2) is 5.82 Å². The quantitative estimate of drug-likeness (QED) is 0.417. The number of aromatic amines is 1. The van der Waals surface area contributed by atoms with Gasteiger partial charge in [-0.25, -0.2) is 4.98 Å². The fraction of sp³-hybridized carbons (Fsp3) is 0.409. The number of hydrogen-bond acceptors (Lipinski definition) is 3. The Morgan fingerprint density at radius 2 is 2.00 bits per heavy atom. The largest absolute Gasteiger partial charge is 0.286 e. The van der Waals surface area contributed by atoms with Crippen LogP contribution >= 0.6 is 0 Å². The Morgan fingerprint density at radius 1 is 1.23 bits per heavy atom. The lowest BCUT2D eigenvalue weighted by molar-refractivity contribution is 0.103. The summed E-state index contributed by atoms with van der Waals surface area (Å²) in [5.41, 5.74) is 5.28. The van der Waals surface area contributed by atoms with Gasteiger partial charge in [0.1, 0.15) is 6.33 Å². The highest BCUT2D eigenvalue weighted by Gasteiger charge is 2.26. The number of nitrogens with zero attached hydrogens (tertiary/aromatic N) is 2. The molecule has 0 amide bonds. The fourth-order valence-electron chi connectivity index (χ4n) is 3.28. The van der Waals surface area contributed by atoms with Crippen LogP contribution in [0.25, 0.3) is 0 Å². The van der Waals surface area contributed by atoms with Crippen molar-refractivity contribution >= 4 is 5.78 Å². The summed E-state index contributed by atoms with van der Waals surface area (Å²) < 4.78 is 0. The maximum atomic E-state index is 11.9. The zero-order valence-electron chi connectivity index (χ0n) is 16.5. The number of H-pyrrole nitrogens is 1. The van der Waals surface area contributed by atoms with E-state index in [0.29, 0.717) is 0 Å². The summed E-state index contributed by atoms with van der Waals surface area (Å²) in [5, 5.41) is 6.26. The molecule has 138 valence electrons. The first-order valence-corrected chi connectivity index (χ1v) is 9.11. The molecule has 1 aliphatic carbocycles. The Morgan fingerprint density at radius 3 is 2.65 bits per heavy atom. The Bertz CT molecular complexity index is 787. The van der Waals surface area contributed by atoms with Crippen molar-refractivity contribution in [2.45, 2.75) is 53.9 Å². The molecular formula is C22H29N3O. The second-order valence-corrected chi connectivity index (χ2v) is 7.62. The minimum Gasteiger partial charge on any atom is -0.286 e. The zero-order valence-corrected chi connectivity index (χ0v) is 16.5. The predicted octanol–water partition coefficient (Wildman–Crippen LogP) is 5.52. The molecule has 0 spiro atoms. The van der Waals surface area contributed by atoms with Crippen LogP contribution in [-0.4, -0.2) is 21.0 Å². The van der Waals surface area contributed by atoms with Crippen molar-refractivity contribution < 1.29 is 4.79 Å². The van der Waals surface area contributed by atoms with Gasteiger partial charge in [0.05, 0.1) is 0 Å². The van der Waals surface area contributed by atoms with Gasteiger partial charge in [-0.2, -0.15) is 5.10 Å². The molecule has 0 unspecified atom stereocenters. The van der Waals surface area contributed by atoms with Crippen LogP contribution in [0.3, 0.4) is 0 Å². The summed E-state index contributed by atoms with van der Waals surface area (Å²) in [7, 11) is 0.